The fraction of sp³-hybridized carbons (Fsp3) is 0.0280. The first-order chi connectivity index (χ1) is 55.8. The first-order valence-electron chi connectivity index (χ1n) is 38.5. The van der Waals surface area contributed by atoms with Crippen LogP contribution in [0.2, 0.25) is 0 Å². The van der Waals surface area contributed by atoms with E-state index in [-0.39, 0.29) is 0 Å². The highest BCUT2D eigenvalue weighted by Gasteiger charge is 2.19. The molecule has 6 nitrogen and oxygen atoms in total. The summed E-state index contributed by atoms with van der Waals surface area (Å²) < 4.78 is 0. The summed E-state index contributed by atoms with van der Waals surface area (Å²) in [5.41, 5.74) is 26.7. The molecule has 0 amide bonds. The number of rotatable bonds is 19. The minimum absolute atomic E-state index is 1.11. The Kier molecular flexibility index (Phi) is 22.2. The highest BCUT2D eigenvalue weighted by molar-refractivity contribution is 5.96. The molecular formula is C107H86N6. The summed E-state index contributed by atoms with van der Waals surface area (Å²) in [7, 11) is 6.37. The molecular weight excluding hydrogens is 1370 g/mol. The predicted molar refractivity (Wildman–Crippen MR) is 484 cm³/mol. The molecule has 0 spiro atoms. The topological polar surface area (TPSA) is 19.4 Å². The van der Waals surface area contributed by atoms with E-state index in [2.05, 4.69) is 512 Å². The maximum absolute atomic E-state index is 2.31. The molecule has 0 aliphatic rings. The third kappa shape index (κ3) is 16.9. The van der Waals surface area contributed by atoms with Crippen molar-refractivity contribution in [3.05, 3.63) is 467 Å². The van der Waals surface area contributed by atoms with Crippen LogP contribution in [-0.2, 0) is 0 Å². The molecule has 6 heteroatoms. The zero-order chi connectivity index (χ0) is 76.5. The van der Waals surface area contributed by atoms with Crippen LogP contribution in [0, 0.1) is 0 Å². The first-order valence-corrected chi connectivity index (χ1v) is 38.5. The number of fused-ring (bicyclic) bond motifs is 2. The Morgan fingerprint density at radius 2 is 0.372 bits per heavy atom. The Morgan fingerprint density at radius 3 is 0.761 bits per heavy atom. The number of hydrogen-bond acceptors (Lipinski definition) is 6. The zero-order valence-corrected chi connectivity index (χ0v) is 63.6. The van der Waals surface area contributed by atoms with Gasteiger partial charge in [0.2, 0.25) is 0 Å². The minimum Gasteiger partial charge on any atom is -0.345 e. The molecule has 18 aromatic rings. The summed E-state index contributed by atoms with van der Waals surface area (Å²) >= 11 is 0. The number of para-hydroxylation sites is 3. The van der Waals surface area contributed by atoms with Crippen molar-refractivity contribution in [1.29, 1.82) is 0 Å². The number of nitrogens with zero attached hydrogens (tertiary/aromatic N) is 6. The van der Waals surface area contributed by atoms with E-state index in [0.717, 1.165) is 73.9 Å². The van der Waals surface area contributed by atoms with Gasteiger partial charge in [0.25, 0.3) is 0 Å². The van der Waals surface area contributed by atoms with Crippen LogP contribution in [0.25, 0.3) is 66.1 Å². The summed E-state index contributed by atoms with van der Waals surface area (Å²) in [6.45, 7) is 0. The second kappa shape index (κ2) is 34.7. The average molecular weight is 1460 g/mol. The van der Waals surface area contributed by atoms with E-state index in [1.807, 2.05) is 6.07 Å². The first kappa shape index (κ1) is 72.5. The zero-order valence-electron chi connectivity index (χ0n) is 63.6. The van der Waals surface area contributed by atoms with E-state index in [1.165, 1.54) is 77.4 Å². The second-order valence-corrected chi connectivity index (χ2v) is 27.9. The maximum Gasteiger partial charge on any atom is 0.0487 e. The van der Waals surface area contributed by atoms with Gasteiger partial charge in [-0.25, -0.2) is 0 Å². The lowest BCUT2D eigenvalue weighted by Gasteiger charge is -2.27. The highest BCUT2D eigenvalue weighted by Crippen LogP contribution is 2.43. The van der Waals surface area contributed by atoms with E-state index in [4.69, 9.17) is 0 Å². The molecule has 0 unspecified atom stereocenters. The van der Waals surface area contributed by atoms with Crippen LogP contribution < -0.4 is 29.4 Å². The lowest BCUT2D eigenvalue weighted by atomic mass is 10.0. The third-order valence-corrected chi connectivity index (χ3v) is 20.8. The molecule has 0 saturated carbocycles. The minimum atomic E-state index is 1.11. The molecule has 0 atom stereocenters. The van der Waals surface area contributed by atoms with Crippen molar-refractivity contribution in [2.75, 3.05) is 50.5 Å². The van der Waals surface area contributed by atoms with Gasteiger partial charge in [-0.05, 0) is 237 Å². The Morgan fingerprint density at radius 1 is 0.133 bits per heavy atom. The molecule has 0 aliphatic heterocycles. The number of benzene rings is 18. The van der Waals surface area contributed by atoms with Crippen molar-refractivity contribution >= 4 is 107 Å². The van der Waals surface area contributed by atoms with Gasteiger partial charge in [-0.1, -0.05) is 291 Å². The van der Waals surface area contributed by atoms with E-state index < -0.39 is 0 Å². The Bertz CT molecular complexity index is 6060. The standard InChI is InChI=1S/C37H30N2.2C35H28N2/c1-38(33-22-20-31(21-23-33)29-12-5-2-6-13-29)34-24-26-36(27-25-34)39(35-17-9-4-10-18-35)37-19-11-16-32(28-37)30-14-7-3-8-15-30;1-36(35-21-11-15-28-14-8-9-20-34(28)35)30-22-24-32(25-23-30)37(31-17-6-3-7-18-31)33-19-10-16-29(26-33)27-12-4-2-5-13-27;1-36(34-20-19-28-13-8-9-14-29(28)25-34)31-21-23-33(24-22-31)37(32-16-6-3-7-17-32)35-18-10-15-30(26-35)27-11-4-2-5-12-27/h2-28H,1H3;2*2-26H,1H3. The molecule has 0 aliphatic carbocycles. The summed E-state index contributed by atoms with van der Waals surface area (Å²) in [6.07, 6.45) is 0. The number of hydrogen-bond donors (Lipinski definition) is 0. The van der Waals surface area contributed by atoms with E-state index in [9.17, 15) is 0 Å². The summed E-state index contributed by atoms with van der Waals surface area (Å²) in [6, 6.07) is 165. The van der Waals surface area contributed by atoms with Crippen LogP contribution in [0.3, 0.4) is 0 Å². The molecule has 0 radical (unpaired) electrons. The lowest BCUT2D eigenvalue weighted by Crippen LogP contribution is -2.12. The highest BCUT2D eigenvalue weighted by atomic mass is 15.2. The van der Waals surface area contributed by atoms with Gasteiger partial charge in [0.15, 0.2) is 0 Å². The average Bonchev–Trinajstić information content (AvgIpc) is 0.795. The molecule has 544 valence electrons. The van der Waals surface area contributed by atoms with Crippen LogP contribution in [-0.4, -0.2) is 21.1 Å². The van der Waals surface area contributed by atoms with Crippen LogP contribution in [0.4, 0.5) is 85.3 Å². The van der Waals surface area contributed by atoms with Crippen molar-refractivity contribution < 1.29 is 0 Å². The van der Waals surface area contributed by atoms with Crippen LogP contribution >= 0.6 is 0 Å². The molecule has 0 fully saturated rings. The molecule has 0 heterocycles. The molecule has 18 rings (SSSR count). The normalized spacial score (nSPS) is 10.8. The fourth-order valence-electron chi connectivity index (χ4n) is 14.7. The summed E-state index contributed by atoms with van der Waals surface area (Å²) in [5, 5.41) is 5.00. The van der Waals surface area contributed by atoms with E-state index in [0.29, 0.717) is 0 Å². The van der Waals surface area contributed by atoms with Gasteiger partial charge in [-0.2, -0.15) is 0 Å². The van der Waals surface area contributed by atoms with Gasteiger partial charge in [-0.3, -0.25) is 0 Å². The monoisotopic (exact) mass is 1450 g/mol. The van der Waals surface area contributed by atoms with Gasteiger partial charge < -0.3 is 29.4 Å². The molecule has 113 heavy (non-hydrogen) atoms. The van der Waals surface area contributed by atoms with Gasteiger partial charge in [-0.15, -0.1) is 0 Å². The molecule has 18 aromatic carbocycles. The third-order valence-electron chi connectivity index (χ3n) is 20.8. The fourth-order valence-corrected chi connectivity index (χ4v) is 14.7. The van der Waals surface area contributed by atoms with Gasteiger partial charge in [0.1, 0.15) is 0 Å². The van der Waals surface area contributed by atoms with Crippen molar-refractivity contribution in [2.24, 2.45) is 0 Å². The Balaban J connectivity index is 0.000000128. The van der Waals surface area contributed by atoms with Crippen LogP contribution in [0.15, 0.2) is 467 Å². The van der Waals surface area contributed by atoms with E-state index >= 15 is 0 Å². The van der Waals surface area contributed by atoms with Crippen molar-refractivity contribution in [1.82, 2.24) is 0 Å². The largest absolute Gasteiger partial charge is 0.345 e. The van der Waals surface area contributed by atoms with Crippen molar-refractivity contribution in [3.8, 4) is 44.5 Å². The van der Waals surface area contributed by atoms with Gasteiger partial charge in [0, 0.05) is 112 Å². The number of anilines is 15. The van der Waals surface area contributed by atoms with Gasteiger partial charge >= 0.3 is 0 Å². The van der Waals surface area contributed by atoms with Crippen LogP contribution in [0.1, 0.15) is 0 Å². The summed E-state index contributed by atoms with van der Waals surface area (Å²) in [4.78, 5) is 13.7. The smallest absolute Gasteiger partial charge is 0.0487 e. The molecule has 0 bridgehead atoms. The van der Waals surface area contributed by atoms with Crippen LogP contribution in [0.5, 0.6) is 0 Å². The molecule has 0 N–H and O–H groups in total. The SMILES string of the molecule is CN(c1ccc(-c2ccccc2)cc1)c1ccc(N(c2ccccc2)c2cccc(-c3ccccc3)c2)cc1.CN(c1ccc(N(c2ccccc2)c2cccc(-c3ccccc3)c2)cc1)c1ccc2ccccc2c1.CN(c1ccc(N(c2ccccc2)c2cccc(-c3ccccc3)c2)cc1)c1cccc2ccccc12. The van der Waals surface area contributed by atoms with Gasteiger partial charge in [0.05, 0.1) is 0 Å². The lowest BCUT2D eigenvalue weighted by molar-refractivity contribution is 1.20. The quantitative estimate of drug-likeness (QED) is 0.0798. The van der Waals surface area contributed by atoms with Crippen molar-refractivity contribution in [3.63, 3.8) is 0 Å². The Hall–Kier alpha value is -14.7. The maximum atomic E-state index is 2.31. The predicted octanol–water partition coefficient (Wildman–Crippen LogP) is 29.7. The van der Waals surface area contributed by atoms with E-state index in [1.54, 1.807) is 0 Å². The molecule has 0 saturated heterocycles. The molecule has 0 aromatic heterocycles. The summed E-state index contributed by atoms with van der Waals surface area (Å²) in [5.74, 6) is 0. The Labute approximate surface area is 664 Å². The second-order valence-electron chi connectivity index (χ2n) is 27.9. The van der Waals surface area contributed by atoms with Crippen molar-refractivity contribution in [2.45, 2.75) is 0 Å².